The number of benzene rings is 1. The van der Waals surface area contributed by atoms with Crippen molar-refractivity contribution in [2.45, 2.75) is 44.2 Å². The molecule has 0 saturated carbocycles. The van der Waals surface area contributed by atoms with Crippen LogP contribution in [0.3, 0.4) is 0 Å². The van der Waals surface area contributed by atoms with Crippen molar-refractivity contribution in [1.29, 1.82) is 0 Å². The van der Waals surface area contributed by atoms with Crippen LogP contribution in [0.4, 0.5) is 0 Å². The minimum absolute atomic E-state index is 0.334. The first-order valence-electron chi connectivity index (χ1n) is 7.57. The number of carboxylic acids is 1. The monoisotopic (exact) mass is 307 g/mol. The summed E-state index contributed by atoms with van der Waals surface area (Å²) in [6, 6.07) is 7.95. The van der Waals surface area contributed by atoms with Crippen molar-refractivity contribution in [2.75, 3.05) is 6.54 Å². The zero-order valence-corrected chi connectivity index (χ0v) is 12.7. The molecule has 122 valence electrons. The number of carboxylic acid groups (broad SMARTS) is 1. The Morgan fingerprint density at radius 1 is 1.14 bits per heavy atom. The van der Waals surface area contributed by atoms with Crippen LogP contribution >= 0.6 is 0 Å². The predicted molar refractivity (Wildman–Crippen MR) is 85.2 cm³/mol. The maximum Gasteiger partial charge on any atom is 0.326 e. The van der Waals surface area contributed by atoms with Crippen molar-refractivity contribution >= 4 is 11.9 Å². The molecule has 0 aliphatic heterocycles. The van der Waals surface area contributed by atoms with E-state index >= 15 is 0 Å². The molecule has 22 heavy (non-hydrogen) atoms. The Morgan fingerprint density at radius 3 is 2.41 bits per heavy atom. The van der Waals surface area contributed by atoms with Crippen molar-refractivity contribution in [3.05, 3.63) is 35.9 Å². The van der Waals surface area contributed by atoms with Gasteiger partial charge in [0.1, 0.15) is 6.04 Å². The van der Waals surface area contributed by atoms with E-state index < -0.39 is 24.0 Å². The third kappa shape index (κ3) is 6.69. The van der Waals surface area contributed by atoms with E-state index in [-0.39, 0.29) is 0 Å². The van der Waals surface area contributed by atoms with E-state index in [0.29, 0.717) is 25.8 Å². The fraction of sp³-hybridized carbons (Fsp3) is 0.500. The van der Waals surface area contributed by atoms with Crippen LogP contribution in [-0.2, 0) is 16.0 Å². The lowest BCUT2D eigenvalue weighted by atomic mass is 10.0. The van der Waals surface area contributed by atoms with Crippen LogP contribution in [0.1, 0.15) is 31.2 Å². The summed E-state index contributed by atoms with van der Waals surface area (Å²) in [6.07, 6.45) is 2.99. The first-order valence-corrected chi connectivity index (χ1v) is 7.57. The minimum Gasteiger partial charge on any atom is -0.480 e. The van der Waals surface area contributed by atoms with Gasteiger partial charge in [0, 0.05) is 0 Å². The zero-order chi connectivity index (χ0) is 16.4. The Labute approximate surface area is 130 Å². The summed E-state index contributed by atoms with van der Waals surface area (Å²) in [5.41, 5.74) is 12.2. The lowest BCUT2D eigenvalue weighted by Crippen LogP contribution is -2.48. The summed E-state index contributed by atoms with van der Waals surface area (Å²) >= 11 is 0. The molecule has 0 saturated heterocycles. The van der Waals surface area contributed by atoms with Crippen LogP contribution in [0.15, 0.2) is 30.3 Å². The van der Waals surface area contributed by atoms with Crippen molar-refractivity contribution < 1.29 is 14.7 Å². The third-order valence-corrected chi connectivity index (χ3v) is 3.49. The molecular weight excluding hydrogens is 282 g/mol. The van der Waals surface area contributed by atoms with Crippen molar-refractivity contribution in [1.82, 2.24) is 5.32 Å². The molecule has 6 nitrogen and oxygen atoms in total. The molecule has 0 aliphatic carbocycles. The summed E-state index contributed by atoms with van der Waals surface area (Å²) in [7, 11) is 0. The average Bonchev–Trinajstić information content (AvgIpc) is 2.52. The van der Waals surface area contributed by atoms with E-state index in [9.17, 15) is 14.7 Å². The van der Waals surface area contributed by atoms with E-state index in [4.69, 9.17) is 11.5 Å². The molecular formula is C16H25N3O3. The molecule has 0 aliphatic rings. The number of carbonyl (C=O) groups excluding carboxylic acids is 1. The largest absolute Gasteiger partial charge is 0.480 e. The highest BCUT2D eigenvalue weighted by atomic mass is 16.4. The first-order chi connectivity index (χ1) is 10.5. The van der Waals surface area contributed by atoms with Crippen LogP contribution in [0.2, 0.25) is 0 Å². The molecule has 2 atom stereocenters. The molecule has 1 aromatic rings. The van der Waals surface area contributed by atoms with Gasteiger partial charge in [-0.2, -0.15) is 0 Å². The Hall–Kier alpha value is -1.92. The van der Waals surface area contributed by atoms with Gasteiger partial charge in [-0.1, -0.05) is 36.8 Å². The number of unbranched alkanes of at least 4 members (excludes halogenated alkanes) is 1. The molecule has 0 bridgehead atoms. The minimum atomic E-state index is -1.04. The van der Waals surface area contributed by atoms with Crippen LogP contribution in [0.5, 0.6) is 0 Å². The van der Waals surface area contributed by atoms with E-state index in [1.165, 1.54) is 0 Å². The van der Waals surface area contributed by atoms with Gasteiger partial charge in [0.25, 0.3) is 0 Å². The number of nitrogens with one attached hydrogen (secondary N) is 1. The molecule has 1 rings (SSSR count). The van der Waals surface area contributed by atoms with Crippen LogP contribution in [0, 0.1) is 0 Å². The normalized spacial score (nSPS) is 13.4. The first kappa shape index (κ1) is 18.1. The Kier molecular flexibility index (Phi) is 8.17. The van der Waals surface area contributed by atoms with Gasteiger partial charge < -0.3 is 21.9 Å². The predicted octanol–water partition coefficient (Wildman–Crippen LogP) is 0.645. The molecule has 0 aromatic heterocycles. The molecule has 0 unspecified atom stereocenters. The summed E-state index contributed by atoms with van der Waals surface area (Å²) in [4.78, 5) is 23.2. The molecule has 6 heteroatoms. The van der Waals surface area contributed by atoms with Crippen LogP contribution in [-0.4, -0.2) is 35.6 Å². The fourth-order valence-corrected chi connectivity index (χ4v) is 2.13. The lowest BCUT2D eigenvalue weighted by molar-refractivity contribution is -0.142. The second-order valence-electron chi connectivity index (χ2n) is 5.31. The number of aryl methyl sites for hydroxylation is 1. The second kappa shape index (κ2) is 9.92. The molecule has 0 radical (unpaired) electrons. The van der Waals surface area contributed by atoms with E-state index in [1.807, 2.05) is 30.3 Å². The van der Waals surface area contributed by atoms with Crippen molar-refractivity contribution in [3.63, 3.8) is 0 Å². The smallest absolute Gasteiger partial charge is 0.326 e. The van der Waals surface area contributed by atoms with Gasteiger partial charge in [0.2, 0.25) is 5.91 Å². The summed E-state index contributed by atoms with van der Waals surface area (Å²) in [6.45, 7) is 0.559. The highest BCUT2D eigenvalue weighted by molar-refractivity contribution is 5.86. The fourth-order valence-electron chi connectivity index (χ4n) is 2.13. The maximum atomic E-state index is 11.9. The number of nitrogens with two attached hydrogens (primary N) is 2. The van der Waals surface area contributed by atoms with Gasteiger partial charge in [-0.3, -0.25) is 4.79 Å². The van der Waals surface area contributed by atoms with Crippen LogP contribution < -0.4 is 16.8 Å². The van der Waals surface area contributed by atoms with E-state index in [2.05, 4.69) is 5.32 Å². The third-order valence-electron chi connectivity index (χ3n) is 3.49. The molecule has 6 N–H and O–H groups in total. The maximum absolute atomic E-state index is 11.9. The standard InChI is InChI=1S/C16H25N3O3/c17-11-5-4-8-13(18)15(20)19-14(16(21)22)10-9-12-6-2-1-3-7-12/h1-3,6-7,13-14H,4-5,8-11,17-18H2,(H,19,20)(H,21,22)/t13-,14-/m0/s1. The van der Waals surface area contributed by atoms with Gasteiger partial charge in [-0.25, -0.2) is 4.79 Å². The quantitative estimate of drug-likeness (QED) is 0.473. The van der Waals surface area contributed by atoms with E-state index in [0.717, 1.165) is 18.4 Å². The summed E-state index contributed by atoms with van der Waals surface area (Å²) in [5.74, 6) is -1.46. The highest BCUT2D eigenvalue weighted by Crippen LogP contribution is 2.06. The number of carbonyl (C=O) groups is 2. The van der Waals surface area contributed by atoms with Gasteiger partial charge in [0.15, 0.2) is 0 Å². The number of amides is 1. The Balaban J connectivity index is 2.46. The zero-order valence-electron chi connectivity index (χ0n) is 12.7. The number of hydrogen-bond donors (Lipinski definition) is 4. The Bertz CT molecular complexity index is 465. The molecule has 0 fully saturated rings. The van der Waals surface area contributed by atoms with Gasteiger partial charge in [-0.05, 0) is 37.8 Å². The average molecular weight is 307 g/mol. The molecule has 0 heterocycles. The number of hydrogen-bond acceptors (Lipinski definition) is 4. The van der Waals surface area contributed by atoms with Gasteiger partial charge in [-0.15, -0.1) is 0 Å². The topological polar surface area (TPSA) is 118 Å². The van der Waals surface area contributed by atoms with Crippen molar-refractivity contribution in [2.24, 2.45) is 11.5 Å². The van der Waals surface area contributed by atoms with E-state index in [1.54, 1.807) is 0 Å². The lowest BCUT2D eigenvalue weighted by Gasteiger charge is -2.18. The van der Waals surface area contributed by atoms with Crippen molar-refractivity contribution in [3.8, 4) is 0 Å². The summed E-state index contributed by atoms with van der Waals surface area (Å²) in [5, 5.41) is 11.7. The van der Waals surface area contributed by atoms with Crippen LogP contribution in [0.25, 0.3) is 0 Å². The molecule has 1 amide bonds. The number of aliphatic carboxylic acids is 1. The number of rotatable bonds is 10. The van der Waals surface area contributed by atoms with Gasteiger partial charge in [0.05, 0.1) is 6.04 Å². The second-order valence-corrected chi connectivity index (χ2v) is 5.31. The summed E-state index contributed by atoms with van der Waals surface area (Å²) < 4.78 is 0. The SMILES string of the molecule is NCCCC[C@H](N)C(=O)N[C@@H](CCc1ccccc1)C(=O)O. The molecule has 1 aromatic carbocycles. The molecule has 0 spiro atoms. The Morgan fingerprint density at radius 2 is 1.82 bits per heavy atom. The highest BCUT2D eigenvalue weighted by Gasteiger charge is 2.22. The van der Waals surface area contributed by atoms with Gasteiger partial charge >= 0.3 is 5.97 Å².